The van der Waals surface area contributed by atoms with E-state index in [9.17, 15) is 4.79 Å². The van der Waals surface area contributed by atoms with E-state index >= 15 is 0 Å². The molecule has 0 aliphatic heterocycles. The number of ketones is 1. The van der Waals surface area contributed by atoms with Crippen LogP contribution in [-0.4, -0.2) is 15.6 Å². The van der Waals surface area contributed by atoms with Crippen LogP contribution in [0.25, 0.3) is 0 Å². The summed E-state index contributed by atoms with van der Waals surface area (Å²) in [6.45, 7) is 3.99. The summed E-state index contributed by atoms with van der Waals surface area (Å²) in [5.74, 6) is 0.104. The van der Waals surface area contributed by atoms with Gasteiger partial charge in [-0.05, 0) is 43.2 Å². The highest BCUT2D eigenvalue weighted by Gasteiger charge is 2.11. The van der Waals surface area contributed by atoms with E-state index in [0.717, 1.165) is 26.9 Å². The molecule has 0 atom stereocenters. The van der Waals surface area contributed by atoms with Crippen LogP contribution >= 0.6 is 15.9 Å². The van der Waals surface area contributed by atoms with Gasteiger partial charge in [-0.15, -0.1) is 0 Å². The topological polar surface area (TPSA) is 34.9 Å². The van der Waals surface area contributed by atoms with Crippen molar-refractivity contribution in [1.29, 1.82) is 0 Å². The summed E-state index contributed by atoms with van der Waals surface area (Å²) in [6, 6.07) is 5.71. The lowest BCUT2D eigenvalue weighted by Gasteiger charge is -2.06. The van der Waals surface area contributed by atoms with Crippen LogP contribution in [0.5, 0.6) is 0 Å². The molecule has 0 unspecified atom stereocenters. The van der Waals surface area contributed by atoms with Crippen LogP contribution in [-0.2, 0) is 13.5 Å². The van der Waals surface area contributed by atoms with E-state index in [0.29, 0.717) is 6.42 Å². The first kappa shape index (κ1) is 13.0. The van der Waals surface area contributed by atoms with E-state index in [-0.39, 0.29) is 5.78 Å². The van der Waals surface area contributed by atoms with Gasteiger partial charge >= 0.3 is 0 Å². The molecule has 1 heterocycles. The molecular formula is C14H15BrN2O. The van der Waals surface area contributed by atoms with Gasteiger partial charge in [-0.3, -0.25) is 9.48 Å². The van der Waals surface area contributed by atoms with Crippen molar-refractivity contribution in [3.05, 3.63) is 51.3 Å². The summed E-state index contributed by atoms with van der Waals surface area (Å²) in [5.41, 5.74) is 3.72. The summed E-state index contributed by atoms with van der Waals surface area (Å²) in [5, 5.41) is 4.23. The normalized spacial score (nSPS) is 10.7. The monoisotopic (exact) mass is 306 g/mol. The summed E-state index contributed by atoms with van der Waals surface area (Å²) in [6.07, 6.45) is 2.20. The van der Waals surface area contributed by atoms with E-state index < -0.39 is 0 Å². The first-order chi connectivity index (χ1) is 8.47. The summed E-state index contributed by atoms with van der Waals surface area (Å²) in [4.78, 5) is 12.2. The molecule has 0 saturated carbocycles. The zero-order valence-electron chi connectivity index (χ0n) is 10.7. The van der Waals surface area contributed by atoms with Crippen LogP contribution in [0.15, 0.2) is 28.9 Å². The van der Waals surface area contributed by atoms with Crippen molar-refractivity contribution in [3.63, 3.8) is 0 Å². The molecule has 4 heteroatoms. The van der Waals surface area contributed by atoms with Crippen LogP contribution in [0.1, 0.15) is 27.2 Å². The summed E-state index contributed by atoms with van der Waals surface area (Å²) in [7, 11) is 1.85. The summed E-state index contributed by atoms with van der Waals surface area (Å²) >= 11 is 3.51. The number of rotatable bonds is 3. The quantitative estimate of drug-likeness (QED) is 0.816. The summed E-state index contributed by atoms with van der Waals surface area (Å²) < 4.78 is 2.78. The van der Waals surface area contributed by atoms with Gasteiger partial charge in [0.05, 0.1) is 12.1 Å². The fourth-order valence-corrected chi connectivity index (χ4v) is 2.16. The van der Waals surface area contributed by atoms with E-state index in [2.05, 4.69) is 21.0 Å². The Hall–Kier alpha value is -1.42. The number of nitrogens with zero attached hydrogens (tertiary/aromatic N) is 2. The van der Waals surface area contributed by atoms with E-state index in [1.807, 2.05) is 45.3 Å². The van der Waals surface area contributed by atoms with Crippen molar-refractivity contribution < 1.29 is 4.79 Å². The standard InChI is InChI=1S/C14H15BrN2O/c1-9-6-11(7-10(2)14(9)15)13(18)8-12-4-5-17(3)16-12/h4-7H,8H2,1-3H3. The molecule has 2 aromatic rings. The van der Waals surface area contributed by atoms with Crippen LogP contribution < -0.4 is 0 Å². The fraction of sp³-hybridized carbons (Fsp3) is 0.286. The second kappa shape index (κ2) is 5.06. The smallest absolute Gasteiger partial charge is 0.168 e. The molecule has 0 fully saturated rings. The molecular weight excluding hydrogens is 292 g/mol. The van der Waals surface area contributed by atoms with Gasteiger partial charge in [0, 0.05) is 23.3 Å². The lowest BCUT2D eigenvalue weighted by molar-refractivity contribution is 0.0991. The maximum atomic E-state index is 12.2. The highest BCUT2D eigenvalue weighted by Crippen LogP contribution is 2.23. The molecule has 0 aliphatic rings. The highest BCUT2D eigenvalue weighted by atomic mass is 79.9. The first-order valence-corrected chi connectivity index (χ1v) is 6.55. The van der Waals surface area contributed by atoms with Gasteiger partial charge in [-0.2, -0.15) is 5.10 Å². The maximum Gasteiger partial charge on any atom is 0.168 e. The second-order valence-electron chi connectivity index (χ2n) is 4.50. The maximum absolute atomic E-state index is 12.2. The van der Waals surface area contributed by atoms with E-state index in [4.69, 9.17) is 0 Å². The molecule has 0 N–H and O–H groups in total. The van der Waals surface area contributed by atoms with Crippen molar-refractivity contribution in [2.45, 2.75) is 20.3 Å². The third-order valence-electron chi connectivity index (χ3n) is 2.87. The van der Waals surface area contributed by atoms with Crippen LogP contribution in [0.2, 0.25) is 0 Å². The van der Waals surface area contributed by atoms with Gasteiger partial charge < -0.3 is 0 Å². The second-order valence-corrected chi connectivity index (χ2v) is 5.30. The number of hydrogen-bond donors (Lipinski definition) is 0. The molecule has 0 radical (unpaired) electrons. The molecule has 3 nitrogen and oxygen atoms in total. The number of benzene rings is 1. The van der Waals surface area contributed by atoms with Gasteiger partial charge in [0.25, 0.3) is 0 Å². The lowest BCUT2D eigenvalue weighted by atomic mass is 10.0. The Morgan fingerprint density at radius 1 is 1.33 bits per heavy atom. The molecule has 0 amide bonds. The van der Waals surface area contributed by atoms with Gasteiger partial charge in [-0.1, -0.05) is 15.9 Å². The van der Waals surface area contributed by atoms with Crippen molar-refractivity contribution >= 4 is 21.7 Å². The predicted octanol–water partition coefficient (Wildman–Crippen LogP) is 3.22. The Balaban J connectivity index is 2.24. The van der Waals surface area contributed by atoms with E-state index in [1.54, 1.807) is 4.68 Å². The lowest BCUT2D eigenvalue weighted by Crippen LogP contribution is -2.06. The Morgan fingerprint density at radius 3 is 2.44 bits per heavy atom. The van der Waals surface area contributed by atoms with Gasteiger partial charge in [-0.25, -0.2) is 0 Å². The van der Waals surface area contributed by atoms with Crippen molar-refractivity contribution in [3.8, 4) is 0 Å². The Morgan fingerprint density at radius 2 is 1.94 bits per heavy atom. The first-order valence-electron chi connectivity index (χ1n) is 5.76. The number of aryl methyl sites for hydroxylation is 3. The van der Waals surface area contributed by atoms with Gasteiger partial charge in [0.1, 0.15) is 0 Å². The number of hydrogen-bond acceptors (Lipinski definition) is 2. The zero-order valence-corrected chi connectivity index (χ0v) is 12.3. The van der Waals surface area contributed by atoms with Crippen molar-refractivity contribution in [2.75, 3.05) is 0 Å². The fourth-order valence-electron chi connectivity index (χ4n) is 1.93. The Labute approximate surface area is 115 Å². The average molecular weight is 307 g/mol. The molecule has 0 aliphatic carbocycles. The number of aromatic nitrogens is 2. The third-order valence-corrected chi connectivity index (χ3v) is 4.12. The SMILES string of the molecule is Cc1cc(C(=O)Cc2ccn(C)n2)cc(C)c1Br. The van der Waals surface area contributed by atoms with Crippen LogP contribution in [0, 0.1) is 13.8 Å². The average Bonchev–Trinajstić information content (AvgIpc) is 2.71. The minimum Gasteiger partial charge on any atom is -0.294 e. The molecule has 1 aromatic heterocycles. The molecule has 0 saturated heterocycles. The largest absolute Gasteiger partial charge is 0.294 e. The Kier molecular flexibility index (Phi) is 3.66. The van der Waals surface area contributed by atoms with Crippen molar-refractivity contribution in [1.82, 2.24) is 9.78 Å². The van der Waals surface area contributed by atoms with E-state index in [1.165, 1.54) is 0 Å². The highest BCUT2D eigenvalue weighted by molar-refractivity contribution is 9.10. The minimum atomic E-state index is 0.104. The molecule has 2 rings (SSSR count). The third kappa shape index (κ3) is 2.70. The minimum absolute atomic E-state index is 0.104. The number of halogens is 1. The molecule has 0 bridgehead atoms. The zero-order chi connectivity index (χ0) is 13.3. The van der Waals surface area contributed by atoms with Gasteiger partial charge in [0.15, 0.2) is 5.78 Å². The predicted molar refractivity (Wildman–Crippen MR) is 74.9 cm³/mol. The van der Waals surface area contributed by atoms with Gasteiger partial charge in [0.2, 0.25) is 0 Å². The van der Waals surface area contributed by atoms with Crippen LogP contribution in [0.4, 0.5) is 0 Å². The number of Topliss-reactive ketones (excluding diaryl/α,β-unsaturated/α-hetero) is 1. The van der Waals surface area contributed by atoms with Crippen LogP contribution in [0.3, 0.4) is 0 Å². The number of carbonyl (C=O) groups excluding carboxylic acids is 1. The van der Waals surface area contributed by atoms with Crippen molar-refractivity contribution in [2.24, 2.45) is 7.05 Å². The Bertz CT molecular complexity index is 579. The molecule has 0 spiro atoms. The molecule has 18 heavy (non-hydrogen) atoms. The number of carbonyl (C=O) groups is 1. The molecule has 94 valence electrons. The molecule has 1 aromatic carbocycles.